The number of amides is 2. The lowest BCUT2D eigenvalue weighted by Gasteiger charge is -2.44. The number of likely N-dealkylation sites (N-methyl/N-ethyl adjacent to an activating group) is 1. The number of ether oxygens (including phenoxy) is 2. The largest absolute Gasteiger partial charge is 0.491 e. The van der Waals surface area contributed by atoms with Crippen LogP contribution in [0.2, 0.25) is 5.02 Å². The molecule has 1 fully saturated rings. The summed E-state index contributed by atoms with van der Waals surface area (Å²) in [5.74, 6) is 0.656. The summed E-state index contributed by atoms with van der Waals surface area (Å²) in [7, 11) is 0. The normalized spacial score (nSPS) is 22.2. The second-order valence-corrected chi connectivity index (χ2v) is 9.00. The average molecular weight is 471 g/mol. The van der Waals surface area contributed by atoms with Crippen molar-refractivity contribution in [1.29, 1.82) is 0 Å². The molecule has 0 radical (unpaired) electrons. The Morgan fingerprint density at radius 1 is 1.06 bits per heavy atom. The second kappa shape index (κ2) is 10.6. The third-order valence-corrected chi connectivity index (χ3v) is 6.83. The molecule has 7 heteroatoms. The minimum Gasteiger partial charge on any atom is -0.491 e. The molecule has 1 atom stereocenters. The van der Waals surface area contributed by atoms with E-state index in [1.165, 1.54) is 5.56 Å². The maximum atomic E-state index is 13.8. The van der Waals surface area contributed by atoms with Gasteiger partial charge in [0.25, 0.3) is 11.8 Å². The summed E-state index contributed by atoms with van der Waals surface area (Å²) in [6.45, 7) is 4.36. The predicted octanol–water partition coefficient (Wildman–Crippen LogP) is 4.21. The van der Waals surface area contributed by atoms with Gasteiger partial charge in [-0.2, -0.15) is 0 Å². The number of fused-ring (bicyclic) bond motifs is 1. The van der Waals surface area contributed by atoms with E-state index in [4.69, 9.17) is 21.1 Å². The highest BCUT2D eigenvalue weighted by Crippen LogP contribution is 2.30. The molecule has 2 aromatic rings. The molecule has 6 nitrogen and oxygen atoms in total. The molecule has 2 aliphatic rings. The van der Waals surface area contributed by atoms with Crippen molar-refractivity contribution < 1.29 is 19.1 Å². The molecule has 2 heterocycles. The summed E-state index contributed by atoms with van der Waals surface area (Å²) >= 11 is 6.28. The molecule has 4 rings (SSSR count). The van der Waals surface area contributed by atoms with Gasteiger partial charge in [0, 0.05) is 13.1 Å². The quantitative estimate of drug-likeness (QED) is 0.659. The van der Waals surface area contributed by atoms with Gasteiger partial charge in [0.15, 0.2) is 5.60 Å². The highest BCUT2D eigenvalue weighted by atomic mass is 35.5. The number of morpholine rings is 1. The van der Waals surface area contributed by atoms with Crippen molar-refractivity contribution in [1.82, 2.24) is 9.80 Å². The van der Waals surface area contributed by atoms with Crippen molar-refractivity contribution in [2.75, 3.05) is 39.4 Å². The van der Waals surface area contributed by atoms with Gasteiger partial charge in [0.1, 0.15) is 12.4 Å². The Morgan fingerprint density at radius 2 is 1.85 bits per heavy atom. The Labute approximate surface area is 200 Å². The highest BCUT2D eigenvalue weighted by Gasteiger charge is 2.46. The topological polar surface area (TPSA) is 59.1 Å². The van der Waals surface area contributed by atoms with Crippen LogP contribution in [-0.2, 0) is 16.0 Å². The first-order valence-electron chi connectivity index (χ1n) is 11.7. The molecule has 2 aliphatic heterocycles. The third kappa shape index (κ3) is 5.17. The van der Waals surface area contributed by atoms with E-state index < -0.39 is 5.60 Å². The van der Waals surface area contributed by atoms with Crippen molar-refractivity contribution in [3.8, 4) is 5.75 Å². The fourth-order valence-corrected chi connectivity index (χ4v) is 4.90. The molecule has 0 N–H and O–H groups in total. The molecule has 1 saturated heterocycles. The fourth-order valence-electron chi connectivity index (χ4n) is 4.68. The lowest BCUT2D eigenvalue weighted by Crippen LogP contribution is -2.62. The number of para-hydroxylation sites is 1. The second-order valence-electron chi connectivity index (χ2n) is 8.60. The summed E-state index contributed by atoms with van der Waals surface area (Å²) in [6, 6.07) is 15.1. The molecule has 2 amide bonds. The van der Waals surface area contributed by atoms with Crippen LogP contribution < -0.4 is 4.74 Å². The number of hydrogen-bond donors (Lipinski definition) is 0. The minimum atomic E-state index is -1.05. The molecular weight excluding hydrogens is 440 g/mol. The number of rotatable bonds is 2. The molecule has 176 valence electrons. The first-order valence-corrected chi connectivity index (χ1v) is 12.1. The van der Waals surface area contributed by atoms with Gasteiger partial charge in [-0.1, -0.05) is 41.9 Å². The zero-order valence-corrected chi connectivity index (χ0v) is 19.9. The molecule has 0 saturated carbocycles. The monoisotopic (exact) mass is 470 g/mol. The lowest BCUT2D eigenvalue weighted by molar-refractivity contribution is -0.170. The van der Waals surface area contributed by atoms with Crippen molar-refractivity contribution in [3.63, 3.8) is 0 Å². The Kier molecular flexibility index (Phi) is 7.56. The van der Waals surface area contributed by atoms with Crippen molar-refractivity contribution in [2.45, 2.75) is 38.2 Å². The van der Waals surface area contributed by atoms with Gasteiger partial charge in [-0.25, -0.2) is 0 Å². The molecular formula is C26H31ClN2O4. The zero-order valence-electron chi connectivity index (χ0n) is 19.1. The van der Waals surface area contributed by atoms with Gasteiger partial charge in [0.2, 0.25) is 0 Å². The Morgan fingerprint density at radius 3 is 2.67 bits per heavy atom. The molecule has 1 unspecified atom stereocenters. The van der Waals surface area contributed by atoms with Gasteiger partial charge in [-0.05, 0) is 56.4 Å². The van der Waals surface area contributed by atoms with Crippen molar-refractivity contribution in [3.05, 3.63) is 64.7 Å². The van der Waals surface area contributed by atoms with E-state index in [1.807, 2.05) is 25.1 Å². The summed E-state index contributed by atoms with van der Waals surface area (Å²) in [6.07, 6.45) is 3.16. The summed E-state index contributed by atoms with van der Waals surface area (Å²) in [5, 5.41) is 0.416. The van der Waals surface area contributed by atoms with E-state index in [1.54, 1.807) is 34.1 Å². The zero-order chi connectivity index (χ0) is 23.3. The summed E-state index contributed by atoms with van der Waals surface area (Å²) in [4.78, 5) is 30.5. The van der Waals surface area contributed by atoms with Crippen LogP contribution in [0.3, 0.4) is 0 Å². The van der Waals surface area contributed by atoms with Crippen LogP contribution in [0.4, 0.5) is 0 Å². The first kappa shape index (κ1) is 23.6. The van der Waals surface area contributed by atoms with E-state index in [0.717, 1.165) is 25.0 Å². The highest BCUT2D eigenvalue weighted by molar-refractivity contribution is 6.33. The van der Waals surface area contributed by atoms with Crippen molar-refractivity contribution >= 4 is 23.4 Å². The van der Waals surface area contributed by atoms with E-state index in [0.29, 0.717) is 49.9 Å². The summed E-state index contributed by atoms with van der Waals surface area (Å²) in [5.41, 5.74) is 0.583. The molecule has 0 aliphatic carbocycles. The Balaban J connectivity index is 1.58. The number of benzene rings is 2. The van der Waals surface area contributed by atoms with E-state index in [2.05, 4.69) is 6.07 Å². The SMILES string of the molecule is CCN1CCOc2ccccc2CCCCC2(CN(C(=O)c3ccccc3Cl)CCO2)C1=O. The van der Waals surface area contributed by atoms with Crippen LogP contribution in [-0.4, -0.2) is 66.6 Å². The van der Waals surface area contributed by atoms with Gasteiger partial charge in [-0.15, -0.1) is 0 Å². The van der Waals surface area contributed by atoms with Gasteiger partial charge in [0.05, 0.1) is 30.3 Å². The number of hydrogen-bond acceptors (Lipinski definition) is 4. The van der Waals surface area contributed by atoms with Crippen LogP contribution in [0.1, 0.15) is 42.1 Å². The third-order valence-electron chi connectivity index (χ3n) is 6.50. The van der Waals surface area contributed by atoms with E-state index in [-0.39, 0.29) is 18.4 Å². The Hall–Kier alpha value is -2.57. The molecule has 1 spiro atoms. The van der Waals surface area contributed by atoms with Crippen LogP contribution >= 0.6 is 11.6 Å². The van der Waals surface area contributed by atoms with E-state index in [9.17, 15) is 9.59 Å². The van der Waals surface area contributed by atoms with E-state index >= 15 is 0 Å². The lowest BCUT2D eigenvalue weighted by atomic mass is 9.90. The van der Waals surface area contributed by atoms with Crippen LogP contribution in [0.25, 0.3) is 0 Å². The standard InChI is InChI=1S/C26H31ClN2O4/c1-2-28-15-17-32-23-13-6-3-9-20(23)10-7-8-14-26(25(28)31)19-29(16-18-33-26)24(30)21-11-4-5-12-22(21)27/h3-6,9,11-13H,2,7-8,10,14-19H2,1H3. The average Bonchev–Trinajstić information content (AvgIpc) is 2.84. The number of aryl methyl sites for hydroxylation is 1. The van der Waals surface area contributed by atoms with Gasteiger partial charge >= 0.3 is 0 Å². The fraction of sp³-hybridized carbons (Fsp3) is 0.462. The molecule has 0 aromatic heterocycles. The number of nitrogens with zero attached hydrogens (tertiary/aromatic N) is 2. The minimum absolute atomic E-state index is 0.0703. The number of carbonyl (C=O) groups excluding carboxylic acids is 2. The van der Waals surface area contributed by atoms with Crippen LogP contribution in [0.5, 0.6) is 5.75 Å². The Bertz CT molecular complexity index is 998. The van der Waals surface area contributed by atoms with Gasteiger partial charge in [-0.3, -0.25) is 9.59 Å². The van der Waals surface area contributed by atoms with Crippen LogP contribution in [0.15, 0.2) is 48.5 Å². The molecule has 0 bridgehead atoms. The maximum Gasteiger partial charge on any atom is 0.256 e. The number of halogens is 1. The first-order chi connectivity index (χ1) is 16.0. The smallest absolute Gasteiger partial charge is 0.256 e. The molecule has 2 aromatic carbocycles. The number of carbonyl (C=O) groups is 2. The van der Waals surface area contributed by atoms with Crippen molar-refractivity contribution in [2.24, 2.45) is 0 Å². The maximum absolute atomic E-state index is 13.8. The van der Waals surface area contributed by atoms with Gasteiger partial charge < -0.3 is 19.3 Å². The predicted molar refractivity (Wildman–Crippen MR) is 128 cm³/mol. The van der Waals surface area contributed by atoms with Crippen LogP contribution in [0, 0.1) is 0 Å². The summed E-state index contributed by atoms with van der Waals surface area (Å²) < 4.78 is 12.2. The molecule has 33 heavy (non-hydrogen) atoms.